The van der Waals surface area contributed by atoms with Crippen molar-refractivity contribution < 1.29 is 26.7 Å². The van der Waals surface area contributed by atoms with Crippen molar-refractivity contribution >= 4 is 10.4 Å². The summed E-state index contributed by atoms with van der Waals surface area (Å²) >= 11 is 0. The summed E-state index contributed by atoms with van der Waals surface area (Å²) in [4.78, 5) is 3.80. The van der Waals surface area contributed by atoms with Crippen molar-refractivity contribution in [2.45, 2.75) is 6.92 Å². The van der Waals surface area contributed by atoms with Gasteiger partial charge >= 0.3 is 0 Å². The molecule has 0 aliphatic carbocycles. The lowest BCUT2D eigenvalue weighted by atomic mass is 10.5. The van der Waals surface area contributed by atoms with Crippen LogP contribution >= 0.6 is 0 Å². The molecule has 0 aliphatic rings. The van der Waals surface area contributed by atoms with Crippen molar-refractivity contribution in [1.82, 2.24) is 0 Å². The molecular formula is C8H19NO5S. The Morgan fingerprint density at radius 1 is 1.40 bits per heavy atom. The molecule has 0 radical (unpaired) electrons. The second-order valence-electron chi connectivity index (χ2n) is 3.64. The fourth-order valence-corrected chi connectivity index (χ4v) is 0.708. The van der Waals surface area contributed by atoms with Crippen molar-refractivity contribution in [1.29, 1.82) is 0 Å². The Balaban J connectivity index is 0. The van der Waals surface area contributed by atoms with Gasteiger partial charge in [-0.2, -0.15) is 0 Å². The van der Waals surface area contributed by atoms with Gasteiger partial charge in [-0.15, -0.1) is 4.33 Å². The van der Waals surface area contributed by atoms with E-state index in [1.807, 2.05) is 6.08 Å². The summed E-state index contributed by atoms with van der Waals surface area (Å²) < 4.78 is 32.7. The average molecular weight is 241 g/mol. The molecule has 0 aromatic heterocycles. The standard InChI is InChI=1S/C6H14N.C2H6O5S/c1-5-6-7(2,3)4;1-2-6-7-8(3,4)5/h5H,1,6H2,2-4H3;2H2,1H3,(H,3,4,5)/q+1;/p-1. The van der Waals surface area contributed by atoms with Crippen LogP contribution in [0.3, 0.4) is 0 Å². The second kappa shape index (κ2) is 7.77. The van der Waals surface area contributed by atoms with Gasteiger partial charge in [-0.3, -0.25) is 0 Å². The van der Waals surface area contributed by atoms with E-state index in [-0.39, 0.29) is 6.61 Å². The maximum absolute atomic E-state index is 9.49. The summed E-state index contributed by atoms with van der Waals surface area (Å²) in [5.41, 5.74) is 0. The van der Waals surface area contributed by atoms with Gasteiger partial charge in [0, 0.05) is 0 Å². The van der Waals surface area contributed by atoms with E-state index in [9.17, 15) is 13.0 Å². The Bertz CT molecular complexity index is 255. The zero-order valence-electron chi connectivity index (χ0n) is 9.60. The van der Waals surface area contributed by atoms with Gasteiger partial charge in [-0.1, -0.05) is 6.58 Å². The Morgan fingerprint density at radius 2 is 1.87 bits per heavy atom. The molecule has 0 heterocycles. The van der Waals surface area contributed by atoms with Gasteiger partial charge in [0.15, 0.2) is 0 Å². The van der Waals surface area contributed by atoms with Crippen LogP contribution in [0.2, 0.25) is 0 Å². The highest BCUT2D eigenvalue weighted by molar-refractivity contribution is 7.80. The minimum Gasteiger partial charge on any atom is -0.724 e. The molecule has 0 saturated carbocycles. The van der Waals surface area contributed by atoms with E-state index in [4.69, 9.17) is 0 Å². The first kappa shape index (κ1) is 16.9. The van der Waals surface area contributed by atoms with Gasteiger partial charge in [0.1, 0.15) is 0 Å². The summed E-state index contributed by atoms with van der Waals surface area (Å²) in [6, 6.07) is 0. The second-order valence-corrected chi connectivity index (χ2v) is 4.60. The molecule has 0 bridgehead atoms. The number of hydrogen-bond acceptors (Lipinski definition) is 5. The number of rotatable bonds is 5. The first-order valence-electron chi connectivity index (χ1n) is 4.30. The Hall–Kier alpha value is -0.470. The molecule has 0 N–H and O–H groups in total. The monoisotopic (exact) mass is 241 g/mol. The van der Waals surface area contributed by atoms with E-state index >= 15 is 0 Å². The number of hydrogen-bond donors (Lipinski definition) is 0. The highest BCUT2D eigenvalue weighted by Crippen LogP contribution is 1.86. The Labute approximate surface area is 91.6 Å². The number of quaternary nitrogens is 1. The van der Waals surface area contributed by atoms with Crippen LogP contribution in [0.4, 0.5) is 0 Å². The fourth-order valence-electron chi connectivity index (χ4n) is 0.494. The molecular weight excluding hydrogens is 222 g/mol. The molecule has 0 aliphatic heterocycles. The van der Waals surface area contributed by atoms with Gasteiger partial charge in [0.25, 0.3) is 0 Å². The predicted molar refractivity (Wildman–Crippen MR) is 55.5 cm³/mol. The average Bonchev–Trinajstić information content (AvgIpc) is 1.98. The smallest absolute Gasteiger partial charge is 0.245 e. The van der Waals surface area contributed by atoms with Crippen molar-refractivity contribution in [2.75, 3.05) is 34.3 Å². The zero-order chi connectivity index (χ0) is 12.5. The van der Waals surface area contributed by atoms with E-state index < -0.39 is 10.4 Å². The van der Waals surface area contributed by atoms with Crippen molar-refractivity contribution in [3.05, 3.63) is 12.7 Å². The van der Waals surface area contributed by atoms with Crippen LogP contribution in [0.15, 0.2) is 12.7 Å². The topological polar surface area (TPSA) is 75.7 Å². The molecule has 92 valence electrons. The van der Waals surface area contributed by atoms with Crippen molar-refractivity contribution in [2.24, 2.45) is 0 Å². The zero-order valence-corrected chi connectivity index (χ0v) is 10.4. The lowest BCUT2D eigenvalue weighted by Gasteiger charge is -2.21. The SMILES string of the molecule is C=CC[N+](C)(C)C.CCOOS(=O)(=O)[O-]. The largest absolute Gasteiger partial charge is 0.724 e. The molecule has 0 fully saturated rings. The van der Waals surface area contributed by atoms with Crippen LogP contribution in [0.25, 0.3) is 0 Å². The molecule has 0 aromatic carbocycles. The van der Waals surface area contributed by atoms with Crippen LogP contribution in [0, 0.1) is 0 Å². The summed E-state index contributed by atoms with van der Waals surface area (Å²) in [5.74, 6) is 0. The minimum atomic E-state index is -4.66. The van der Waals surface area contributed by atoms with Crippen LogP contribution < -0.4 is 0 Å². The van der Waals surface area contributed by atoms with E-state index in [0.717, 1.165) is 11.0 Å². The lowest BCUT2D eigenvalue weighted by Crippen LogP contribution is -2.33. The highest BCUT2D eigenvalue weighted by Gasteiger charge is 1.99. The summed E-state index contributed by atoms with van der Waals surface area (Å²) in [5, 5.41) is 0. The van der Waals surface area contributed by atoms with Gasteiger partial charge in [-0.05, 0) is 13.0 Å². The van der Waals surface area contributed by atoms with Crippen LogP contribution in [-0.2, 0) is 19.6 Å². The maximum Gasteiger partial charge on any atom is 0.245 e. The number of nitrogens with zero attached hydrogens (tertiary/aromatic N) is 1. The molecule has 7 heteroatoms. The summed E-state index contributed by atoms with van der Waals surface area (Å²) in [7, 11) is 1.76. The third kappa shape index (κ3) is 24.7. The Morgan fingerprint density at radius 3 is 1.93 bits per heavy atom. The molecule has 0 unspecified atom stereocenters. The van der Waals surface area contributed by atoms with Gasteiger partial charge < -0.3 is 9.04 Å². The maximum atomic E-state index is 9.49. The summed E-state index contributed by atoms with van der Waals surface area (Å²) in [6.07, 6.45) is 1.93. The fraction of sp³-hybridized carbons (Fsp3) is 0.750. The number of likely N-dealkylation sites (N-methyl/N-ethyl adjacent to an activating group) is 1. The van der Waals surface area contributed by atoms with Crippen LogP contribution in [0.1, 0.15) is 6.92 Å². The van der Waals surface area contributed by atoms with Gasteiger partial charge in [-0.25, -0.2) is 13.3 Å². The quantitative estimate of drug-likeness (QED) is 0.173. The first-order chi connectivity index (χ1) is 6.62. The van der Waals surface area contributed by atoms with E-state index in [2.05, 4.69) is 36.9 Å². The third-order valence-corrected chi connectivity index (χ3v) is 1.19. The molecule has 0 atom stereocenters. The predicted octanol–water partition coefficient (Wildman–Crippen LogP) is 0.293. The molecule has 0 rings (SSSR count). The van der Waals surface area contributed by atoms with Crippen LogP contribution in [-0.4, -0.2) is 51.7 Å². The minimum absolute atomic E-state index is 0.0292. The van der Waals surface area contributed by atoms with E-state index in [1.54, 1.807) is 0 Å². The third-order valence-electron chi connectivity index (χ3n) is 0.926. The highest BCUT2D eigenvalue weighted by atomic mass is 32.3. The molecule has 0 saturated heterocycles. The van der Waals surface area contributed by atoms with Crippen LogP contribution in [0.5, 0.6) is 0 Å². The molecule has 0 amide bonds. The molecule has 15 heavy (non-hydrogen) atoms. The first-order valence-corrected chi connectivity index (χ1v) is 5.64. The Kier molecular flexibility index (Phi) is 8.78. The summed E-state index contributed by atoms with van der Waals surface area (Å²) in [6.45, 7) is 6.19. The van der Waals surface area contributed by atoms with Gasteiger partial charge in [0.05, 0.1) is 34.3 Å². The molecule has 0 spiro atoms. The van der Waals surface area contributed by atoms with E-state index in [0.29, 0.717) is 0 Å². The van der Waals surface area contributed by atoms with Crippen molar-refractivity contribution in [3.63, 3.8) is 0 Å². The van der Waals surface area contributed by atoms with Gasteiger partial charge in [0.2, 0.25) is 10.4 Å². The lowest BCUT2D eigenvalue weighted by molar-refractivity contribution is -0.864. The molecule has 6 nitrogen and oxygen atoms in total. The van der Waals surface area contributed by atoms with E-state index in [1.165, 1.54) is 6.92 Å². The van der Waals surface area contributed by atoms with Crippen molar-refractivity contribution in [3.8, 4) is 0 Å². The molecule has 0 aromatic rings. The normalized spacial score (nSPS) is 11.5.